The molecule has 2 fully saturated rings. The molecule has 0 aromatic carbocycles. The molecule has 2 aliphatic rings. The van der Waals surface area contributed by atoms with E-state index in [1.54, 1.807) is 12.5 Å². The van der Waals surface area contributed by atoms with Gasteiger partial charge in [-0.1, -0.05) is 0 Å². The molecular formula is C19H25N3O3. The Bertz CT molecular complexity index is 668. The zero-order valence-electron chi connectivity index (χ0n) is 14.4. The van der Waals surface area contributed by atoms with E-state index in [9.17, 15) is 4.79 Å². The molecule has 0 bridgehead atoms. The summed E-state index contributed by atoms with van der Waals surface area (Å²) in [4.78, 5) is 20.1. The minimum atomic E-state index is 0.170. The third-order valence-electron chi connectivity index (χ3n) is 5.22. The van der Waals surface area contributed by atoms with E-state index in [-0.39, 0.29) is 12.0 Å². The van der Waals surface area contributed by atoms with Gasteiger partial charge < -0.3 is 19.0 Å². The van der Waals surface area contributed by atoms with Gasteiger partial charge >= 0.3 is 0 Å². The Balaban J connectivity index is 1.31. The predicted molar refractivity (Wildman–Crippen MR) is 92.9 cm³/mol. The molecule has 6 nitrogen and oxygen atoms in total. The zero-order valence-corrected chi connectivity index (χ0v) is 14.4. The predicted octanol–water partition coefficient (Wildman–Crippen LogP) is 1.90. The van der Waals surface area contributed by atoms with Gasteiger partial charge in [-0.25, -0.2) is 0 Å². The van der Waals surface area contributed by atoms with Gasteiger partial charge in [0.15, 0.2) is 0 Å². The average molecular weight is 343 g/mol. The highest BCUT2D eigenvalue weighted by Gasteiger charge is 2.38. The van der Waals surface area contributed by atoms with Crippen LogP contribution in [-0.2, 0) is 22.5 Å². The van der Waals surface area contributed by atoms with Crippen LogP contribution in [0.2, 0.25) is 0 Å². The lowest BCUT2D eigenvalue weighted by atomic mass is 10.1. The fourth-order valence-electron chi connectivity index (χ4n) is 3.87. The highest BCUT2D eigenvalue weighted by molar-refractivity contribution is 5.76. The summed E-state index contributed by atoms with van der Waals surface area (Å²) in [6.07, 6.45) is 6.91. The van der Waals surface area contributed by atoms with Crippen molar-refractivity contribution in [2.45, 2.75) is 25.5 Å². The van der Waals surface area contributed by atoms with Gasteiger partial charge in [0.05, 0.1) is 25.2 Å². The van der Waals surface area contributed by atoms with Gasteiger partial charge in [0.1, 0.15) is 0 Å². The lowest BCUT2D eigenvalue weighted by Gasteiger charge is -2.22. The first kappa shape index (κ1) is 16.4. The van der Waals surface area contributed by atoms with Gasteiger partial charge in [0.25, 0.3) is 0 Å². The number of fused-ring (bicyclic) bond motifs is 1. The van der Waals surface area contributed by atoms with E-state index in [1.807, 2.05) is 29.3 Å². The van der Waals surface area contributed by atoms with Crippen LogP contribution in [0.25, 0.3) is 0 Å². The van der Waals surface area contributed by atoms with E-state index in [0.29, 0.717) is 12.3 Å². The molecule has 0 radical (unpaired) electrons. The summed E-state index contributed by atoms with van der Waals surface area (Å²) in [6, 6.07) is 6.00. The van der Waals surface area contributed by atoms with Crippen LogP contribution in [0, 0.1) is 5.92 Å². The number of carbonyl (C=O) groups is 1. The van der Waals surface area contributed by atoms with Gasteiger partial charge in [0.2, 0.25) is 5.91 Å². The molecule has 25 heavy (non-hydrogen) atoms. The number of ether oxygens (including phenoxy) is 1. The SMILES string of the molecule is O=C(CCc1ccc[nH]1)N1C[C@@H]2CN(Cc3ccoc3)CCO[C@@H]2C1. The van der Waals surface area contributed by atoms with Crippen LogP contribution in [0.4, 0.5) is 0 Å². The number of nitrogens with one attached hydrogen (secondary N) is 1. The molecule has 2 aromatic rings. The molecule has 4 heterocycles. The third kappa shape index (κ3) is 3.96. The Morgan fingerprint density at radius 3 is 3.04 bits per heavy atom. The maximum absolute atomic E-state index is 12.5. The molecule has 2 saturated heterocycles. The summed E-state index contributed by atoms with van der Waals surface area (Å²) < 4.78 is 11.2. The minimum Gasteiger partial charge on any atom is -0.472 e. The maximum Gasteiger partial charge on any atom is 0.223 e. The summed E-state index contributed by atoms with van der Waals surface area (Å²) in [6.45, 7) is 5.03. The van der Waals surface area contributed by atoms with Gasteiger partial charge in [-0.3, -0.25) is 9.69 Å². The van der Waals surface area contributed by atoms with E-state index in [2.05, 4.69) is 9.88 Å². The number of amides is 1. The fraction of sp³-hybridized carbons (Fsp3) is 0.526. The minimum absolute atomic E-state index is 0.170. The van der Waals surface area contributed by atoms with Crippen LogP contribution < -0.4 is 0 Å². The number of aryl methyl sites for hydroxylation is 1. The normalized spacial score (nSPS) is 24.2. The molecule has 1 N–H and O–H groups in total. The van der Waals surface area contributed by atoms with Crippen molar-refractivity contribution < 1.29 is 13.9 Å². The van der Waals surface area contributed by atoms with Gasteiger partial charge in [-0.2, -0.15) is 0 Å². The Morgan fingerprint density at radius 1 is 1.28 bits per heavy atom. The summed E-state index contributed by atoms with van der Waals surface area (Å²) in [5.41, 5.74) is 2.31. The van der Waals surface area contributed by atoms with Crippen molar-refractivity contribution in [2.75, 3.05) is 32.8 Å². The number of nitrogens with zero attached hydrogens (tertiary/aromatic N) is 2. The number of aromatic nitrogens is 1. The molecule has 0 saturated carbocycles. The van der Waals surface area contributed by atoms with Crippen LogP contribution in [-0.4, -0.2) is 59.6 Å². The van der Waals surface area contributed by atoms with E-state index in [4.69, 9.17) is 9.15 Å². The molecule has 134 valence electrons. The van der Waals surface area contributed by atoms with Crippen molar-refractivity contribution in [3.8, 4) is 0 Å². The molecular weight excluding hydrogens is 318 g/mol. The van der Waals surface area contributed by atoms with Crippen molar-refractivity contribution in [1.29, 1.82) is 0 Å². The highest BCUT2D eigenvalue weighted by Crippen LogP contribution is 2.25. The fourth-order valence-corrected chi connectivity index (χ4v) is 3.87. The first-order chi connectivity index (χ1) is 12.3. The van der Waals surface area contributed by atoms with Crippen LogP contribution in [0.15, 0.2) is 41.3 Å². The topological polar surface area (TPSA) is 61.7 Å². The van der Waals surface area contributed by atoms with Crippen LogP contribution in [0.5, 0.6) is 0 Å². The van der Waals surface area contributed by atoms with E-state index in [1.165, 1.54) is 5.56 Å². The van der Waals surface area contributed by atoms with Crippen molar-refractivity contribution in [3.63, 3.8) is 0 Å². The number of carbonyl (C=O) groups excluding carboxylic acids is 1. The summed E-state index contributed by atoms with van der Waals surface area (Å²) in [5.74, 6) is 0.622. The first-order valence-electron chi connectivity index (χ1n) is 9.03. The van der Waals surface area contributed by atoms with Gasteiger partial charge in [-0.05, 0) is 24.6 Å². The molecule has 2 aliphatic heterocycles. The second-order valence-electron chi connectivity index (χ2n) is 7.03. The van der Waals surface area contributed by atoms with Crippen LogP contribution in [0.3, 0.4) is 0 Å². The van der Waals surface area contributed by atoms with Crippen molar-refractivity contribution in [3.05, 3.63) is 48.2 Å². The summed E-state index contributed by atoms with van der Waals surface area (Å²) in [5, 5.41) is 0. The molecule has 2 atom stereocenters. The lowest BCUT2D eigenvalue weighted by Crippen LogP contribution is -2.33. The number of hydrogen-bond donors (Lipinski definition) is 1. The molecule has 0 unspecified atom stereocenters. The monoisotopic (exact) mass is 343 g/mol. The van der Waals surface area contributed by atoms with E-state index in [0.717, 1.165) is 51.4 Å². The Hall–Kier alpha value is -2.05. The van der Waals surface area contributed by atoms with Crippen molar-refractivity contribution >= 4 is 5.91 Å². The van der Waals surface area contributed by atoms with E-state index >= 15 is 0 Å². The molecule has 0 spiro atoms. The van der Waals surface area contributed by atoms with Crippen LogP contribution >= 0.6 is 0 Å². The second-order valence-corrected chi connectivity index (χ2v) is 7.03. The zero-order chi connectivity index (χ0) is 17.1. The molecule has 0 aliphatic carbocycles. The maximum atomic E-state index is 12.5. The number of aromatic amines is 1. The van der Waals surface area contributed by atoms with Gasteiger partial charge in [-0.15, -0.1) is 0 Å². The number of H-pyrrole nitrogens is 1. The van der Waals surface area contributed by atoms with E-state index < -0.39 is 0 Å². The second kappa shape index (κ2) is 7.45. The smallest absolute Gasteiger partial charge is 0.223 e. The Labute approximate surface area is 147 Å². The number of hydrogen-bond acceptors (Lipinski definition) is 4. The van der Waals surface area contributed by atoms with Crippen molar-refractivity contribution in [1.82, 2.24) is 14.8 Å². The summed E-state index contributed by atoms with van der Waals surface area (Å²) in [7, 11) is 0. The van der Waals surface area contributed by atoms with Gasteiger partial charge in [0, 0.05) is 62.5 Å². The largest absolute Gasteiger partial charge is 0.472 e. The first-order valence-corrected chi connectivity index (χ1v) is 9.03. The Kier molecular flexibility index (Phi) is 4.90. The Morgan fingerprint density at radius 2 is 2.24 bits per heavy atom. The quantitative estimate of drug-likeness (QED) is 0.901. The number of furan rings is 1. The molecule has 4 rings (SSSR count). The van der Waals surface area contributed by atoms with Crippen molar-refractivity contribution in [2.24, 2.45) is 5.92 Å². The molecule has 1 amide bonds. The highest BCUT2D eigenvalue weighted by atomic mass is 16.5. The molecule has 2 aromatic heterocycles. The standard InChI is InChI=1S/C19H25N3O3/c23-19(4-3-17-2-1-6-20-17)22-12-16-11-21(7-9-25-18(16)13-22)10-15-5-8-24-14-15/h1-2,5-6,8,14,16,18,20H,3-4,7,9-13H2/t16-,18+/m0/s1. The molecule has 6 heteroatoms. The summed E-state index contributed by atoms with van der Waals surface area (Å²) >= 11 is 0. The van der Waals surface area contributed by atoms with Crippen LogP contribution in [0.1, 0.15) is 17.7 Å². The number of rotatable bonds is 5. The average Bonchev–Trinajstić information content (AvgIpc) is 3.34. The third-order valence-corrected chi connectivity index (χ3v) is 5.22. The number of likely N-dealkylation sites (tertiary alicyclic amines) is 1. The lowest BCUT2D eigenvalue weighted by molar-refractivity contribution is -0.130.